The average molecular weight is 700 g/mol. The zero-order valence-corrected chi connectivity index (χ0v) is 31.6. The molecule has 3 aliphatic heterocycles. The first-order valence-corrected chi connectivity index (χ1v) is 19.7. The quantitative estimate of drug-likeness (QED) is 0.376. The second-order valence-corrected chi connectivity index (χ2v) is 19.2. The van der Waals surface area contributed by atoms with Crippen molar-refractivity contribution in [1.82, 2.24) is 9.80 Å². The number of hydrogen-bond acceptors (Lipinski definition) is 9. The minimum Gasteiger partial charge on any atom is -0.389 e. The minimum atomic E-state index is -1.32. The number of nitrogens with zero attached hydrogens (tertiary/aromatic N) is 2. The Kier molecular flexibility index (Phi) is 8.73. The van der Waals surface area contributed by atoms with Crippen LogP contribution in [0.15, 0.2) is 0 Å². The number of aliphatic hydroxyl groups is 3. The third-order valence-corrected chi connectivity index (χ3v) is 16.1. The number of ether oxygens (including phenoxy) is 4. The van der Waals surface area contributed by atoms with Gasteiger partial charge in [-0.2, -0.15) is 0 Å². The fourth-order valence-electron chi connectivity index (χ4n) is 13.4. The minimum absolute atomic E-state index is 0.0515. The van der Waals surface area contributed by atoms with E-state index in [2.05, 4.69) is 39.5 Å². The van der Waals surface area contributed by atoms with Gasteiger partial charge in [-0.05, 0) is 105 Å². The summed E-state index contributed by atoms with van der Waals surface area (Å²) in [5, 5.41) is 34.0. The van der Waals surface area contributed by atoms with Crippen LogP contribution >= 0.6 is 0 Å². The summed E-state index contributed by atoms with van der Waals surface area (Å²) in [5.74, 6) is 2.54. The number of carbonyl (C=O) groups excluding carboxylic acids is 1. The number of fused-ring (bicyclic) bond motifs is 4. The van der Waals surface area contributed by atoms with Crippen LogP contribution in [0, 0.1) is 63.0 Å². The molecule has 50 heavy (non-hydrogen) atoms. The van der Waals surface area contributed by atoms with Gasteiger partial charge in [0.05, 0.1) is 50.7 Å². The number of carbonyl (C=O) groups is 1. The fourth-order valence-corrected chi connectivity index (χ4v) is 13.4. The van der Waals surface area contributed by atoms with E-state index in [4.69, 9.17) is 18.9 Å². The fraction of sp³-hybridized carbons (Fsp3) is 0.900. The SMILES string of the molecule is C[C@@H]1C[C]([C@H](O)C(C)(C)O)O[C]2[C@H]1[C@@]1(C)CC[C@@]34C[C@@]35CCC(O[C@H]3CN(C(=O)CN6CCOCC6)CCO3)C(C)(C)[C@@H]5CC[C]4[C@]1(C)[C@H]2O. The lowest BCUT2D eigenvalue weighted by molar-refractivity contribution is -0.242. The molecule has 0 aromatic carbocycles. The van der Waals surface area contributed by atoms with Crippen molar-refractivity contribution in [1.29, 1.82) is 0 Å². The Morgan fingerprint density at radius 3 is 2.52 bits per heavy atom. The third-order valence-electron chi connectivity index (χ3n) is 16.1. The zero-order chi connectivity index (χ0) is 35.6. The predicted molar refractivity (Wildman–Crippen MR) is 186 cm³/mol. The molecule has 3 radical (unpaired) electrons. The molecule has 0 bridgehead atoms. The Bertz CT molecular complexity index is 1320. The molecule has 5 aliphatic carbocycles. The highest BCUT2D eigenvalue weighted by atomic mass is 16.7. The summed E-state index contributed by atoms with van der Waals surface area (Å²) in [6.45, 7) is 20.0. The van der Waals surface area contributed by atoms with Crippen LogP contribution in [0.1, 0.15) is 99.8 Å². The normalized spacial score (nSPS) is 47.4. The van der Waals surface area contributed by atoms with Crippen LogP contribution < -0.4 is 0 Å². The Balaban J connectivity index is 0.974. The van der Waals surface area contributed by atoms with Crippen molar-refractivity contribution in [3.8, 4) is 0 Å². The molecule has 10 nitrogen and oxygen atoms in total. The van der Waals surface area contributed by atoms with Crippen LogP contribution in [-0.4, -0.2) is 114 Å². The van der Waals surface area contributed by atoms with Crippen LogP contribution in [0.25, 0.3) is 0 Å². The lowest BCUT2D eigenvalue weighted by Gasteiger charge is -2.63. The molecule has 8 aliphatic rings. The van der Waals surface area contributed by atoms with E-state index in [0.717, 1.165) is 57.7 Å². The summed E-state index contributed by atoms with van der Waals surface area (Å²) >= 11 is 0. The van der Waals surface area contributed by atoms with Gasteiger partial charge in [-0.1, -0.05) is 34.6 Å². The van der Waals surface area contributed by atoms with Gasteiger partial charge >= 0.3 is 0 Å². The molecule has 281 valence electrons. The highest BCUT2D eigenvalue weighted by molar-refractivity contribution is 5.78. The first kappa shape index (κ1) is 36.1. The molecule has 3 heterocycles. The number of amides is 1. The lowest BCUT2D eigenvalue weighted by Crippen LogP contribution is -2.59. The average Bonchev–Trinajstić information content (AvgIpc) is 3.70. The largest absolute Gasteiger partial charge is 0.389 e. The van der Waals surface area contributed by atoms with E-state index < -0.39 is 29.5 Å². The molecule has 2 spiro atoms. The number of morpholine rings is 2. The van der Waals surface area contributed by atoms with Crippen molar-refractivity contribution in [3.63, 3.8) is 0 Å². The smallest absolute Gasteiger partial charge is 0.237 e. The second kappa shape index (κ2) is 12.1. The molecule has 0 aromatic rings. The van der Waals surface area contributed by atoms with E-state index in [9.17, 15) is 20.1 Å². The third kappa shape index (κ3) is 5.04. The van der Waals surface area contributed by atoms with Gasteiger partial charge in [0.15, 0.2) is 6.29 Å². The maximum atomic E-state index is 13.2. The van der Waals surface area contributed by atoms with E-state index in [-0.39, 0.29) is 45.5 Å². The van der Waals surface area contributed by atoms with Crippen LogP contribution in [0.2, 0.25) is 0 Å². The highest BCUT2D eigenvalue weighted by Gasteiger charge is 2.85. The molecule has 10 heteroatoms. The highest BCUT2D eigenvalue weighted by Crippen LogP contribution is 2.90. The van der Waals surface area contributed by atoms with E-state index >= 15 is 0 Å². The molecule has 3 saturated heterocycles. The van der Waals surface area contributed by atoms with Gasteiger partial charge in [-0.3, -0.25) is 9.69 Å². The standard InChI is InChI=1S/C40H63N2O8/c1-24-20-25(33(44)36(4,5)46)49-32-31(24)37(6)12-13-40-23-39(40)11-10-28(35(2,3)26(39)8-9-27(40)38(37,7)34(32)45)50-30-22-42(16-19-48-30)29(43)21-41-14-17-47-18-15-41/h24,26,28,30-31,33-34,44-46H,8-23H2,1-7H3/t24-,26+,28?,30+,31+,33+,34+,37-,38-,39-,40+/m1/s1. The van der Waals surface area contributed by atoms with E-state index in [0.29, 0.717) is 57.9 Å². The maximum Gasteiger partial charge on any atom is 0.237 e. The Labute approximate surface area is 299 Å². The Morgan fingerprint density at radius 2 is 1.80 bits per heavy atom. The van der Waals surface area contributed by atoms with Gasteiger partial charge in [-0.15, -0.1) is 0 Å². The molecule has 1 amide bonds. The molecular weight excluding hydrogens is 636 g/mol. The van der Waals surface area contributed by atoms with Crippen molar-refractivity contribution in [2.24, 2.45) is 44.8 Å². The Hall–Kier alpha value is -0.850. The van der Waals surface area contributed by atoms with Crippen LogP contribution in [-0.2, 0) is 23.7 Å². The van der Waals surface area contributed by atoms with Gasteiger partial charge < -0.3 is 39.2 Å². The molecule has 0 aromatic heterocycles. The molecule has 1 unspecified atom stereocenters. The number of hydrogen-bond donors (Lipinski definition) is 3. The van der Waals surface area contributed by atoms with Gasteiger partial charge in [0, 0.05) is 31.0 Å². The van der Waals surface area contributed by atoms with E-state index in [1.54, 1.807) is 19.8 Å². The molecule has 11 atom stereocenters. The van der Waals surface area contributed by atoms with Crippen molar-refractivity contribution < 1.29 is 39.1 Å². The molecular formula is C40H63N2O8. The molecule has 5 saturated carbocycles. The van der Waals surface area contributed by atoms with Crippen LogP contribution in [0.3, 0.4) is 0 Å². The van der Waals surface area contributed by atoms with Crippen molar-refractivity contribution in [3.05, 3.63) is 18.1 Å². The van der Waals surface area contributed by atoms with Crippen molar-refractivity contribution >= 4 is 5.91 Å². The van der Waals surface area contributed by atoms with Gasteiger partial charge in [0.2, 0.25) is 5.91 Å². The molecule has 8 fully saturated rings. The predicted octanol–water partition coefficient (Wildman–Crippen LogP) is 4.12. The zero-order valence-electron chi connectivity index (χ0n) is 31.6. The summed E-state index contributed by atoms with van der Waals surface area (Å²) in [6.07, 6.45) is 7.19. The Morgan fingerprint density at radius 1 is 1.06 bits per heavy atom. The van der Waals surface area contributed by atoms with E-state index in [1.165, 1.54) is 6.42 Å². The van der Waals surface area contributed by atoms with E-state index in [1.807, 2.05) is 4.90 Å². The summed E-state index contributed by atoms with van der Waals surface area (Å²) in [7, 11) is 0. The summed E-state index contributed by atoms with van der Waals surface area (Å²) in [6, 6.07) is 0. The monoisotopic (exact) mass is 699 g/mol. The van der Waals surface area contributed by atoms with Crippen LogP contribution in [0.5, 0.6) is 0 Å². The topological polar surface area (TPSA) is 121 Å². The lowest BCUT2D eigenvalue weighted by atomic mass is 9.41. The summed E-state index contributed by atoms with van der Waals surface area (Å²) < 4.78 is 25.0. The van der Waals surface area contributed by atoms with Gasteiger partial charge in [0.25, 0.3) is 0 Å². The molecule has 8 rings (SSSR count). The van der Waals surface area contributed by atoms with Gasteiger partial charge in [0.1, 0.15) is 18.3 Å². The number of rotatable bonds is 6. The first-order valence-electron chi connectivity index (χ1n) is 19.7. The maximum absolute atomic E-state index is 13.2. The van der Waals surface area contributed by atoms with Crippen molar-refractivity contribution in [2.45, 2.75) is 130 Å². The first-order chi connectivity index (χ1) is 23.5. The summed E-state index contributed by atoms with van der Waals surface area (Å²) in [4.78, 5) is 17.3. The molecule has 3 N–H and O–H groups in total. The van der Waals surface area contributed by atoms with Crippen LogP contribution in [0.4, 0.5) is 0 Å². The number of aliphatic hydroxyl groups excluding tert-OH is 2. The summed E-state index contributed by atoms with van der Waals surface area (Å²) in [5.41, 5.74) is -1.56. The second-order valence-electron chi connectivity index (χ2n) is 19.2. The van der Waals surface area contributed by atoms with Gasteiger partial charge in [-0.25, -0.2) is 0 Å². The van der Waals surface area contributed by atoms with Crippen molar-refractivity contribution in [2.75, 3.05) is 52.5 Å².